The summed E-state index contributed by atoms with van der Waals surface area (Å²) < 4.78 is 22.1. The van der Waals surface area contributed by atoms with Gasteiger partial charge in [-0.25, -0.2) is 4.21 Å². The average Bonchev–Trinajstić information content (AvgIpc) is 1.93. The van der Waals surface area contributed by atoms with Crippen LogP contribution in [0.15, 0.2) is 24.3 Å². The van der Waals surface area contributed by atoms with Crippen LogP contribution in [-0.4, -0.2) is 8.76 Å². The molecule has 0 aliphatic rings. The lowest BCUT2D eigenvalue weighted by Crippen LogP contribution is -2.01. The predicted molar refractivity (Wildman–Crippen MR) is 53.6 cm³/mol. The summed E-state index contributed by atoms with van der Waals surface area (Å²) in [6, 6.07) is 7.21. The van der Waals surface area contributed by atoms with E-state index in [1.165, 1.54) is 0 Å². The Morgan fingerprint density at radius 3 is 2.36 bits per heavy atom. The van der Waals surface area contributed by atoms with Crippen LogP contribution >= 0.6 is 22.6 Å². The van der Waals surface area contributed by atoms with E-state index in [-0.39, 0.29) is 0 Å². The second kappa shape index (κ2) is 4.03. The van der Waals surface area contributed by atoms with Crippen LogP contribution in [-0.2, 0) is 11.3 Å². The number of anilines is 1. The lowest BCUT2D eigenvalue weighted by Gasteiger charge is -1.99. The Morgan fingerprint density at radius 2 is 1.91 bits per heavy atom. The zero-order valence-corrected chi connectivity index (χ0v) is 8.43. The van der Waals surface area contributed by atoms with Crippen LogP contribution in [0.5, 0.6) is 0 Å². The van der Waals surface area contributed by atoms with E-state index in [0.29, 0.717) is 5.69 Å². The molecule has 0 aliphatic carbocycles. The number of nitrogens with one attached hydrogen (secondary N) is 1. The lowest BCUT2D eigenvalue weighted by molar-refractivity contribution is 0.570. The molecule has 11 heavy (non-hydrogen) atoms. The fraction of sp³-hybridized carbons (Fsp3) is 0. The maximum absolute atomic E-state index is 10.3. The highest BCUT2D eigenvalue weighted by Crippen LogP contribution is 2.10. The molecular weight excluding hydrogens is 277 g/mol. The van der Waals surface area contributed by atoms with Crippen LogP contribution in [0.4, 0.5) is 5.69 Å². The topological polar surface area (TPSA) is 49.3 Å². The predicted octanol–water partition coefficient (Wildman–Crippen LogP) is 1.84. The first-order valence-electron chi connectivity index (χ1n) is 2.81. The van der Waals surface area contributed by atoms with Crippen molar-refractivity contribution >= 4 is 39.5 Å². The van der Waals surface area contributed by atoms with Crippen molar-refractivity contribution in [2.75, 3.05) is 4.72 Å². The molecule has 1 aromatic rings. The molecule has 0 aromatic heterocycles. The first-order valence-corrected chi connectivity index (χ1v) is 5.00. The van der Waals surface area contributed by atoms with Crippen molar-refractivity contribution in [3.05, 3.63) is 27.8 Å². The number of benzene rings is 1. The Morgan fingerprint density at radius 1 is 1.36 bits per heavy atom. The van der Waals surface area contributed by atoms with E-state index in [4.69, 9.17) is 4.55 Å². The van der Waals surface area contributed by atoms with Gasteiger partial charge in [0.2, 0.25) is 0 Å². The molecule has 5 heteroatoms. The summed E-state index contributed by atoms with van der Waals surface area (Å²) in [4.78, 5) is 0. The third-order valence-electron chi connectivity index (χ3n) is 1.05. The van der Waals surface area contributed by atoms with E-state index in [1.807, 2.05) is 12.1 Å². The fourth-order valence-corrected chi connectivity index (χ4v) is 1.32. The Kier molecular flexibility index (Phi) is 3.28. The van der Waals surface area contributed by atoms with Crippen molar-refractivity contribution in [1.82, 2.24) is 0 Å². The summed E-state index contributed by atoms with van der Waals surface area (Å²) in [5, 5.41) is 0. The molecule has 2 N–H and O–H groups in total. The minimum atomic E-state index is -1.98. The first kappa shape index (κ1) is 8.95. The minimum absolute atomic E-state index is 0.645. The van der Waals surface area contributed by atoms with E-state index in [0.717, 1.165) is 3.57 Å². The van der Waals surface area contributed by atoms with Gasteiger partial charge in [-0.1, -0.05) is 0 Å². The van der Waals surface area contributed by atoms with E-state index in [9.17, 15) is 4.21 Å². The van der Waals surface area contributed by atoms with Gasteiger partial charge in [0.25, 0.3) is 11.3 Å². The van der Waals surface area contributed by atoms with Gasteiger partial charge < -0.3 is 0 Å². The third-order valence-corrected chi connectivity index (χ3v) is 2.18. The normalized spacial score (nSPS) is 12.5. The summed E-state index contributed by atoms with van der Waals surface area (Å²) >= 11 is 0.188. The summed E-state index contributed by atoms with van der Waals surface area (Å²) in [7, 11) is 0. The molecule has 0 bridgehead atoms. The maximum atomic E-state index is 10.3. The van der Waals surface area contributed by atoms with Gasteiger partial charge in [0.05, 0.1) is 0 Å². The van der Waals surface area contributed by atoms with Gasteiger partial charge in [-0.2, -0.15) is 0 Å². The number of halogens is 1. The lowest BCUT2D eigenvalue weighted by atomic mass is 10.3. The largest absolute Gasteiger partial charge is 0.289 e. The molecule has 3 nitrogen and oxygen atoms in total. The molecule has 0 saturated heterocycles. The van der Waals surface area contributed by atoms with Crippen LogP contribution in [0, 0.1) is 3.57 Å². The van der Waals surface area contributed by atoms with Crippen LogP contribution in [0.2, 0.25) is 0 Å². The smallest absolute Gasteiger partial charge is 0.259 e. The molecule has 1 atom stereocenters. The molecule has 0 heterocycles. The first-order chi connectivity index (χ1) is 5.18. The highest BCUT2D eigenvalue weighted by atomic mass is 127. The van der Waals surface area contributed by atoms with Gasteiger partial charge in [0.15, 0.2) is 0 Å². The average molecular weight is 283 g/mol. The summed E-state index contributed by atoms with van der Waals surface area (Å²) in [5.41, 5.74) is 0.645. The highest BCUT2D eigenvalue weighted by molar-refractivity contribution is 14.1. The van der Waals surface area contributed by atoms with Crippen LogP contribution in [0.3, 0.4) is 0 Å². The Hall–Kier alpha value is -0.140. The summed E-state index contributed by atoms with van der Waals surface area (Å²) in [5.74, 6) is 0. The molecule has 0 saturated carbocycles. The van der Waals surface area contributed by atoms with Crippen LogP contribution < -0.4 is 4.72 Å². The zero-order valence-electron chi connectivity index (χ0n) is 5.45. The van der Waals surface area contributed by atoms with Gasteiger partial charge in [0, 0.05) is 9.26 Å². The van der Waals surface area contributed by atoms with Gasteiger partial charge >= 0.3 is 0 Å². The Labute approximate surface area is 80.8 Å². The fourth-order valence-electron chi connectivity index (χ4n) is 0.619. The van der Waals surface area contributed by atoms with Crippen LogP contribution in [0.1, 0.15) is 0 Å². The molecule has 60 valence electrons. The van der Waals surface area contributed by atoms with Crippen molar-refractivity contribution in [1.29, 1.82) is 0 Å². The quantitative estimate of drug-likeness (QED) is 0.642. The number of hydrogen-bond donors (Lipinski definition) is 2. The molecular formula is C6H6INO2S. The summed E-state index contributed by atoms with van der Waals surface area (Å²) in [6.07, 6.45) is 0. The molecule has 0 radical (unpaired) electrons. The van der Waals surface area contributed by atoms with Crippen molar-refractivity contribution < 1.29 is 8.76 Å². The van der Waals surface area contributed by atoms with E-state index in [2.05, 4.69) is 27.3 Å². The van der Waals surface area contributed by atoms with E-state index < -0.39 is 11.3 Å². The number of hydrogen-bond acceptors (Lipinski definition) is 1. The van der Waals surface area contributed by atoms with Gasteiger partial charge in [-0.15, -0.1) is 0 Å². The van der Waals surface area contributed by atoms with Gasteiger partial charge in [-0.05, 0) is 46.9 Å². The second-order valence-electron chi connectivity index (χ2n) is 1.86. The SMILES string of the molecule is O=S(O)Nc1ccc(I)cc1. The Bertz CT molecular complexity index is 262. The maximum Gasteiger partial charge on any atom is 0.259 e. The van der Waals surface area contributed by atoms with Gasteiger partial charge in [0.1, 0.15) is 0 Å². The van der Waals surface area contributed by atoms with E-state index in [1.54, 1.807) is 12.1 Å². The molecule has 0 fully saturated rings. The molecule has 0 spiro atoms. The molecule has 1 aromatic carbocycles. The van der Waals surface area contributed by atoms with Crippen molar-refractivity contribution in [2.45, 2.75) is 0 Å². The Balaban J connectivity index is 2.74. The molecule has 1 rings (SSSR count). The molecule has 0 amide bonds. The van der Waals surface area contributed by atoms with Gasteiger partial charge in [-0.3, -0.25) is 9.27 Å². The standard InChI is InChI=1S/C6H6INO2S/c7-5-1-3-6(4-2-5)8-11(9)10/h1-4,8H,(H,9,10). The molecule has 0 aliphatic heterocycles. The van der Waals surface area contributed by atoms with Crippen molar-refractivity contribution in [2.24, 2.45) is 0 Å². The zero-order chi connectivity index (χ0) is 8.27. The second-order valence-corrected chi connectivity index (χ2v) is 3.81. The minimum Gasteiger partial charge on any atom is -0.289 e. The van der Waals surface area contributed by atoms with Crippen molar-refractivity contribution in [3.8, 4) is 0 Å². The third kappa shape index (κ3) is 3.17. The van der Waals surface area contributed by atoms with Crippen molar-refractivity contribution in [3.63, 3.8) is 0 Å². The van der Waals surface area contributed by atoms with E-state index >= 15 is 0 Å². The number of rotatable bonds is 2. The molecule has 1 unspecified atom stereocenters. The monoisotopic (exact) mass is 283 g/mol. The summed E-state index contributed by atoms with van der Waals surface area (Å²) in [6.45, 7) is 0. The van der Waals surface area contributed by atoms with Crippen LogP contribution in [0.25, 0.3) is 0 Å². The highest BCUT2D eigenvalue weighted by Gasteiger charge is 1.93.